The van der Waals surface area contributed by atoms with Crippen LogP contribution in [0, 0.1) is 5.82 Å². The molecular weight excluding hydrogens is 225 g/mol. The molecule has 0 bridgehead atoms. The van der Waals surface area contributed by atoms with Crippen molar-refractivity contribution >= 4 is 0 Å². The van der Waals surface area contributed by atoms with E-state index in [1.54, 1.807) is 6.07 Å². The lowest BCUT2D eigenvalue weighted by atomic mass is 9.77. The Bertz CT molecular complexity index is 435. The van der Waals surface area contributed by atoms with Gasteiger partial charge in [0.2, 0.25) is 0 Å². The molecule has 0 amide bonds. The third kappa shape index (κ3) is 2.99. The molecule has 1 aliphatic rings. The molecule has 0 spiro atoms. The van der Waals surface area contributed by atoms with Gasteiger partial charge in [-0.15, -0.1) is 0 Å². The summed E-state index contributed by atoms with van der Waals surface area (Å²) in [6.07, 6.45) is 6.38. The summed E-state index contributed by atoms with van der Waals surface area (Å²) in [5.41, 5.74) is 1.21. The van der Waals surface area contributed by atoms with Crippen LogP contribution in [0.5, 0.6) is 0 Å². The number of hydrogen-bond donors (Lipinski definition) is 1. The highest BCUT2D eigenvalue weighted by molar-refractivity contribution is 5.31. The van der Waals surface area contributed by atoms with E-state index in [1.807, 2.05) is 12.1 Å². The normalized spacial score (nSPS) is 18.2. The molecule has 1 nitrogen and oxygen atoms in total. The molecule has 0 saturated heterocycles. The van der Waals surface area contributed by atoms with E-state index in [9.17, 15) is 4.39 Å². The zero-order valence-electron chi connectivity index (χ0n) is 11.5. The number of rotatable bonds is 3. The summed E-state index contributed by atoms with van der Waals surface area (Å²) in [6, 6.07) is 7.04. The van der Waals surface area contributed by atoms with E-state index >= 15 is 0 Å². The molecule has 0 aromatic heterocycles. The van der Waals surface area contributed by atoms with Crippen molar-refractivity contribution in [3.05, 3.63) is 47.8 Å². The Labute approximate surface area is 109 Å². The van der Waals surface area contributed by atoms with Crippen LogP contribution in [-0.4, -0.2) is 12.1 Å². The van der Waals surface area contributed by atoms with Crippen LogP contribution < -0.4 is 5.32 Å². The van der Waals surface area contributed by atoms with Crippen molar-refractivity contribution in [3.8, 4) is 0 Å². The highest BCUT2D eigenvalue weighted by Gasteiger charge is 2.34. The molecule has 0 radical (unpaired) electrons. The number of halogens is 1. The molecule has 98 valence electrons. The Morgan fingerprint density at radius 1 is 1.22 bits per heavy atom. The first-order valence-corrected chi connectivity index (χ1v) is 6.57. The highest BCUT2D eigenvalue weighted by atomic mass is 19.1. The molecule has 0 unspecified atom stereocenters. The summed E-state index contributed by atoms with van der Waals surface area (Å²) in [5.74, 6) is -0.144. The summed E-state index contributed by atoms with van der Waals surface area (Å²) >= 11 is 0. The van der Waals surface area contributed by atoms with Crippen LogP contribution in [-0.2, 0) is 5.41 Å². The zero-order valence-corrected chi connectivity index (χ0v) is 11.5. The summed E-state index contributed by atoms with van der Waals surface area (Å²) in [4.78, 5) is 0. The second-order valence-corrected chi connectivity index (χ2v) is 6.27. The van der Waals surface area contributed by atoms with Crippen molar-refractivity contribution in [2.75, 3.05) is 6.54 Å². The summed E-state index contributed by atoms with van der Waals surface area (Å²) in [7, 11) is 0. The first-order chi connectivity index (χ1) is 8.41. The third-order valence-corrected chi connectivity index (χ3v) is 3.58. The van der Waals surface area contributed by atoms with Crippen LogP contribution in [0.1, 0.15) is 39.2 Å². The van der Waals surface area contributed by atoms with E-state index in [1.165, 1.54) is 6.07 Å². The van der Waals surface area contributed by atoms with Gasteiger partial charge in [0.1, 0.15) is 5.82 Å². The highest BCUT2D eigenvalue weighted by Crippen LogP contribution is 2.37. The Balaban J connectivity index is 2.22. The predicted molar refractivity (Wildman–Crippen MR) is 74.2 cm³/mol. The number of benzene rings is 1. The topological polar surface area (TPSA) is 12.0 Å². The maximum atomic E-state index is 13.4. The molecule has 18 heavy (non-hydrogen) atoms. The second-order valence-electron chi connectivity index (χ2n) is 6.27. The van der Waals surface area contributed by atoms with Crippen molar-refractivity contribution in [2.24, 2.45) is 0 Å². The van der Waals surface area contributed by atoms with Gasteiger partial charge in [-0.2, -0.15) is 0 Å². The van der Waals surface area contributed by atoms with Gasteiger partial charge in [-0.25, -0.2) is 4.39 Å². The molecule has 0 fully saturated rings. The molecule has 0 aliphatic heterocycles. The van der Waals surface area contributed by atoms with E-state index in [0.29, 0.717) is 0 Å². The standard InChI is InChI=1S/C16H22FN/c1-15(2,3)18-12-16(9-4-5-10-16)13-7-6-8-14(17)11-13/h4-8,11,18H,9-10,12H2,1-3H3. The average molecular weight is 247 g/mol. The minimum atomic E-state index is -0.144. The van der Waals surface area contributed by atoms with Gasteiger partial charge in [0.15, 0.2) is 0 Å². The van der Waals surface area contributed by atoms with E-state index in [4.69, 9.17) is 0 Å². The second kappa shape index (κ2) is 4.85. The van der Waals surface area contributed by atoms with E-state index in [-0.39, 0.29) is 16.8 Å². The number of hydrogen-bond acceptors (Lipinski definition) is 1. The van der Waals surface area contributed by atoms with Gasteiger partial charge < -0.3 is 5.32 Å². The molecule has 1 aliphatic carbocycles. The summed E-state index contributed by atoms with van der Waals surface area (Å²) in [5, 5.41) is 3.56. The Morgan fingerprint density at radius 3 is 2.44 bits per heavy atom. The Kier molecular flexibility index (Phi) is 3.58. The largest absolute Gasteiger partial charge is 0.311 e. The van der Waals surface area contributed by atoms with Crippen LogP contribution in [0.15, 0.2) is 36.4 Å². The average Bonchev–Trinajstić information content (AvgIpc) is 2.75. The molecule has 0 saturated carbocycles. The lowest BCUT2D eigenvalue weighted by Gasteiger charge is -2.34. The fourth-order valence-corrected chi connectivity index (χ4v) is 2.44. The Hall–Kier alpha value is -1.15. The molecular formula is C16H22FN. The van der Waals surface area contributed by atoms with Gasteiger partial charge in [-0.05, 0) is 51.3 Å². The molecule has 0 atom stereocenters. The smallest absolute Gasteiger partial charge is 0.123 e. The van der Waals surface area contributed by atoms with Crippen molar-refractivity contribution < 1.29 is 4.39 Å². The molecule has 0 heterocycles. The number of nitrogens with one attached hydrogen (secondary N) is 1. The van der Waals surface area contributed by atoms with Crippen LogP contribution >= 0.6 is 0 Å². The third-order valence-electron chi connectivity index (χ3n) is 3.58. The van der Waals surface area contributed by atoms with E-state index in [2.05, 4.69) is 38.2 Å². The van der Waals surface area contributed by atoms with Crippen LogP contribution in [0.4, 0.5) is 4.39 Å². The summed E-state index contributed by atoms with van der Waals surface area (Å²) < 4.78 is 13.4. The lowest BCUT2D eigenvalue weighted by molar-refractivity contribution is 0.339. The zero-order chi connectivity index (χ0) is 13.2. The molecule has 2 rings (SSSR count). The van der Waals surface area contributed by atoms with Crippen molar-refractivity contribution in [2.45, 2.75) is 44.6 Å². The quantitative estimate of drug-likeness (QED) is 0.801. The fraction of sp³-hybridized carbons (Fsp3) is 0.500. The lowest BCUT2D eigenvalue weighted by Crippen LogP contribution is -2.45. The van der Waals surface area contributed by atoms with Crippen LogP contribution in [0.2, 0.25) is 0 Å². The maximum Gasteiger partial charge on any atom is 0.123 e. The Morgan fingerprint density at radius 2 is 1.89 bits per heavy atom. The van der Waals surface area contributed by atoms with Gasteiger partial charge in [-0.1, -0.05) is 24.3 Å². The van der Waals surface area contributed by atoms with Gasteiger partial charge >= 0.3 is 0 Å². The van der Waals surface area contributed by atoms with Gasteiger partial charge in [-0.3, -0.25) is 0 Å². The molecule has 2 heteroatoms. The van der Waals surface area contributed by atoms with E-state index < -0.39 is 0 Å². The van der Waals surface area contributed by atoms with Gasteiger partial charge in [0.05, 0.1) is 0 Å². The van der Waals surface area contributed by atoms with Crippen LogP contribution in [0.25, 0.3) is 0 Å². The summed E-state index contributed by atoms with van der Waals surface area (Å²) in [6.45, 7) is 7.37. The van der Waals surface area contributed by atoms with Gasteiger partial charge in [0.25, 0.3) is 0 Å². The van der Waals surface area contributed by atoms with Gasteiger partial charge in [0, 0.05) is 17.5 Å². The maximum absolute atomic E-state index is 13.4. The predicted octanol–water partition coefficient (Wildman–Crippen LogP) is 3.80. The minimum absolute atomic E-state index is 0.0232. The first-order valence-electron chi connectivity index (χ1n) is 6.57. The van der Waals surface area contributed by atoms with Crippen molar-refractivity contribution in [1.82, 2.24) is 5.32 Å². The monoisotopic (exact) mass is 247 g/mol. The van der Waals surface area contributed by atoms with Crippen molar-refractivity contribution in [1.29, 1.82) is 0 Å². The van der Waals surface area contributed by atoms with Crippen molar-refractivity contribution in [3.63, 3.8) is 0 Å². The fourth-order valence-electron chi connectivity index (χ4n) is 2.44. The first kappa shape index (κ1) is 13.3. The molecule has 1 aromatic rings. The number of allylic oxidation sites excluding steroid dienone is 2. The van der Waals surface area contributed by atoms with E-state index in [0.717, 1.165) is 24.9 Å². The SMILES string of the molecule is CC(C)(C)NCC1(c2cccc(F)c2)CC=CC1. The minimum Gasteiger partial charge on any atom is -0.311 e. The van der Waals surface area contributed by atoms with Crippen LogP contribution in [0.3, 0.4) is 0 Å². The molecule has 1 N–H and O–H groups in total. The molecule has 1 aromatic carbocycles.